The summed E-state index contributed by atoms with van der Waals surface area (Å²) in [7, 11) is 2.23. The van der Waals surface area contributed by atoms with Crippen LogP contribution < -0.4 is 5.32 Å². The second kappa shape index (κ2) is 5.15. The lowest BCUT2D eigenvalue weighted by Crippen LogP contribution is -2.39. The Morgan fingerprint density at radius 2 is 2.00 bits per heavy atom. The Hall–Kier alpha value is -0.870. The van der Waals surface area contributed by atoms with E-state index in [0.717, 1.165) is 19.6 Å². The number of nitrogens with one attached hydrogen (secondary N) is 1. The largest absolute Gasteiger partial charge is 0.333 e. The molecule has 0 aromatic carbocycles. The van der Waals surface area contributed by atoms with Crippen LogP contribution in [0.5, 0.6) is 0 Å². The lowest BCUT2D eigenvalue weighted by Gasteiger charge is -2.39. The van der Waals surface area contributed by atoms with E-state index < -0.39 is 0 Å². The molecule has 0 amide bonds. The number of hydrogen-bond acceptors (Lipinski definition) is 3. The van der Waals surface area contributed by atoms with Crippen molar-refractivity contribution >= 4 is 0 Å². The Bertz CT molecular complexity index is 451. The second-order valence-corrected chi connectivity index (χ2v) is 7.51. The van der Waals surface area contributed by atoms with Crippen molar-refractivity contribution in [1.82, 2.24) is 19.8 Å². The third kappa shape index (κ3) is 2.63. The number of likely N-dealkylation sites (tertiary alicyclic amines) is 1. The van der Waals surface area contributed by atoms with E-state index in [1.165, 1.54) is 38.0 Å². The molecule has 1 atom stereocenters. The first-order valence-electron chi connectivity index (χ1n) is 7.91. The molecule has 1 unspecified atom stereocenters. The Labute approximate surface area is 122 Å². The van der Waals surface area contributed by atoms with E-state index in [-0.39, 0.29) is 5.41 Å². The SMILES string of the molecule is CN1CCC(C)(Cn2cncc2C2(C)CCNC2)CC1. The van der Waals surface area contributed by atoms with Crippen molar-refractivity contribution in [3.63, 3.8) is 0 Å². The minimum absolute atomic E-state index is 0.262. The highest BCUT2D eigenvalue weighted by Crippen LogP contribution is 2.35. The van der Waals surface area contributed by atoms with Crippen molar-refractivity contribution in [3.05, 3.63) is 18.2 Å². The molecular formula is C16H28N4. The van der Waals surface area contributed by atoms with Crippen LogP contribution in [-0.4, -0.2) is 47.7 Å². The minimum atomic E-state index is 0.262. The molecule has 0 saturated carbocycles. The van der Waals surface area contributed by atoms with Gasteiger partial charge in [-0.2, -0.15) is 0 Å². The van der Waals surface area contributed by atoms with Crippen molar-refractivity contribution in [2.45, 2.75) is 45.1 Å². The molecule has 4 heteroatoms. The van der Waals surface area contributed by atoms with Crippen LogP contribution >= 0.6 is 0 Å². The second-order valence-electron chi connectivity index (χ2n) is 7.51. The summed E-state index contributed by atoms with van der Waals surface area (Å²) in [6, 6.07) is 0. The smallest absolute Gasteiger partial charge is 0.0948 e. The van der Waals surface area contributed by atoms with Gasteiger partial charge in [0.1, 0.15) is 0 Å². The predicted octanol–water partition coefficient (Wildman–Crippen LogP) is 1.87. The molecule has 1 aromatic rings. The van der Waals surface area contributed by atoms with Crippen molar-refractivity contribution in [3.8, 4) is 0 Å². The molecule has 3 rings (SSSR count). The fraction of sp³-hybridized carbons (Fsp3) is 0.812. The Kier molecular flexibility index (Phi) is 3.63. The number of piperidine rings is 1. The summed E-state index contributed by atoms with van der Waals surface area (Å²) in [5.41, 5.74) is 2.10. The van der Waals surface area contributed by atoms with Crippen LogP contribution in [0.1, 0.15) is 38.8 Å². The Morgan fingerprint density at radius 3 is 2.65 bits per heavy atom. The lowest BCUT2D eigenvalue weighted by molar-refractivity contribution is 0.118. The molecule has 112 valence electrons. The third-order valence-corrected chi connectivity index (χ3v) is 5.45. The van der Waals surface area contributed by atoms with Gasteiger partial charge in [-0.1, -0.05) is 13.8 Å². The molecule has 0 aliphatic carbocycles. The number of rotatable bonds is 3. The summed E-state index contributed by atoms with van der Waals surface area (Å²) >= 11 is 0. The summed E-state index contributed by atoms with van der Waals surface area (Å²) in [4.78, 5) is 6.89. The number of aromatic nitrogens is 2. The highest BCUT2D eigenvalue weighted by Gasteiger charge is 2.35. The normalized spacial score (nSPS) is 30.8. The van der Waals surface area contributed by atoms with E-state index in [4.69, 9.17) is 0 Å². The van der Waals surface area contributed by atoms with Crippen molar-refractivity contribution in [1.29, 1.82) is 0 Å². The molecule has 2 fully saturated rings. The Morgan fingerprint density at radius 1 is 1.25 bits per heavy atom. The molecule has 0 bridgehead atoms. The first kappa shape index (κ1) is 14.1. The highest BCUT2D eigenvalue weighted by molar-refractivity contribution is 5.17. The number of hydrogen-bond donors (Lipinski definition) is 1. The summed E-state index contributed by atoms with van der Waals surface area (Å²) in [6.45, 7) is 10.6. The van der Waals surface area contributed by atoms with E-state index >= 15 is 0 Å². The average molecular weight is 276 g/mol. The van der Waals surface area contributed by atoms with Gasteiger partial charge in [0.05, 0.1) is 6.33 Å². The molecule has 4 nitrogen and oxygen atoms in total. The van der Waals surface area contributed by atoms with E-state index in [9.17, 15) is 0 Å². The van der Waals surface area contributed by atoms with Crippen LogP contribution in [0.4, 0.5) is 0 Å². The fourth-order valence-corrected chi connectivity index (χ4v) is 3.71. The molecule has 2 aliphatic rings. The van der Waals surface area contributed by atoms with Gasteiger partial charge in [-0.25, -0.2) is 4.98 Å². The van der Waals surface area contributed by atoms with E-state index in [0.29, 0.717) is 5.41 Å². The van der Waals surface area contributed by atoms with E-state index in [2.05, 4.69) is 46.9 Å². The van der Waals surface area contributed by atoms with E-state index in [1.54, 1.807) is 0 Å². The van der Waals surface area contributed by atoms with Gasteiger partial charge in [-0.15, -0.1) is 0 Å². The molecule has 20 heavy (non-hydrogen) atoms. The molecule has 2 saturated heterocycles. The molecular weight excluding hydrogens is 248 g/mol. The highest BCUT2D eigenvalue weighted by atomic mass is 15.1. The molecule has 0 spiro atoms. The lowest BCUT2D eigenvalue weighted by atomic mass is 9.79. The third-order valence-electron chi connectivity index (χ3n) is 5.45. The van der Waals surface area contributed by atoms with E-state index in [1.807, 2.05) is 6.33 Å². The monoisotopic (exact) mass is 276 g/mol. The van der Waals surface area contributed by atoms with Gasteiger partial charge < -0.3 is 14.8 Å². The first-order valence-corrected chi connectivity index (χ1v) is 7.91. The quantitative estimate of drug-likeness (QED) is 0.915. The molecule has 3 heterocycles. The number of nitrogens with zero attached hydrogens (tertiary/aromatic N) is 3. The van der Waals surface area contributed by atoms with Gasteiger partial charge in [0.25, 0.3) is 0 Å². The van der Waals surface area contributed by atoms with Gasteiger partial charge in [0, 0.05) is 30.4 Å². The van der Waals surface area contributed by atoms with Crippen LogP contribution in [0.15, 0.2) is 12.5 Å². The van der Waals surface area contributed by atoms with Crippen LogP contribution in [0, 0.1) is 5.41 Å². The van der Waals surface area contributed by atoms with Crippen LogP contribution in [-0.2, 0) is 12.0 Å². The number of imidazole rings is 1. The maximum Gasteiger partial charge on any atom is 0.0948 e. The van der Waals surface area contributed by atoms with Gasteiger partial charge >= 0.3 is 0 Å². The maximum atomic E-state index is 4.45. The van der Waals surface area contributed by atoms with Crippen molar-refractivity contribution in [2.24, 2.45) is 5.41 Å². The van der Waals surface area contributed by atoms with Crippen molar-refractivity contribution < 1.29 is 0 Å². The molecule has 1 N–H and O–H groups in total. The molecule has 2 aliphatic heterocycles. The summed E-state index contributed by atoms with van der Waals surface area (Å²) < 4.78 is 2.43. The molecule has 1 aromatic heterocycles. The van der Waals surface area contributed by atoms with Gasteiger partial charge in [-0.05, 0) is 51.4 Å². The minimum Gasteiger partial charge on any atom is -0.333 e. The van der Waals surface area contributed by atoms with Gasteiger partial charge in [0.2, 0.25) is 0 Å². The van der Waals surface area contributed by atoms with Crippen molar-refractivity contribution in [2.75, 3.05) is 33.2 Å². The predicted molar refractivity (Wildman–Crippen MR) is 81.9 cm³/mol. The zero-order valence-electron chi connectivity index (χ0n) is 13.2. The summed E-state index contributed by atoms with van der Waals surface area (Å²) in [6.07, 6.45) is 7.93. The van der Waals surface area contributed by atoms with Gasteiger partial charge in [0.15, 0.2) is 0 Å². The summed E-state index contributed by atoms with van der Waals surface area (Å²) in [5.74, 6) is 0. The topological polar surface area (TPSA) is 33.1 Å². The van der Waals surface area contributed by atoms with Crippen LogP contribution in [0.3, 0.4) is 0 Å². The summed E-state index contributed by atoms with van der Waals surface area (Å²) in [5, 5.41) is 3.50. The average Bonchev–Trinajstić information content (AvgIpc) is 3.03. The van der Waals surface area contributed by atoms with Crippen LogP contribution in [0.2, 0.25) is 0 Å². The fourth-order valence-electron chi connectivity index (χ4n) is 3.71. The maximum absolute atomic E-state index is 4.45. The van der Waals surface area contributed by atoms with Crippen LogP contribution in [0.25, 0.3) is 0 Å². The molecule has 0 radical (unpaired) electrons. The van der Waals surface area contributed by atoms with Gasteiger partial charge in [-0.3, -0.25) is 0 Å². The zero-order valence-corrected chi connectivity index (χ0v) is 13.2. The Balaban J connectivity index is 1.77. The standard InChI is InChI=1S/C16H28N4/c1-15(5-8-19(3)9-6-15)12-20-13-18-10-14(20)16(2)4-7-17-11-16/h10,13,17H,4-9,11-12H2,1-3H3. The first-order chi connectivity index (χ1) is 9.51. The zero-order chi connectivity index (χ0) is 14.2.